The molecule has 0 fully saturated rings. The van der Waals surface area contributed by atoms with E-state index in [1.54, 1.807) is 0 Å². The molecule has 0 N–H and O–H groups in total. The Morgan fingerprint density at radius 2 is 0.850 bits per heavy atom. The van der Waals surface area contributed by atoms with Gasteiger partial charge >= 0.3 is 0 Å². The van der Waals surface area contributed by atoms with Gasteiger partial charge in [0.1, 0.15) is 0 Å². The molecule has 1 heteroatoms. The highest BCUT2D eigenvalue weighted by atomic mass is 15.1. The predicted molar refractivity (Wildman–Crippen MR) is 255 cm³/mol. The van der Waals surface area contributed by atoms with Crippen molar-refractivity contribution in [2.45, 2.75) is 19.3 Å². The van der Waals surface area contributed by atoms with Crippen LogP contribution in [0.2, 0.25) is 0 Å². The fraction of sp³-hybridized carbons (Fsp3) is 0.0508. The van der Waals surface area contributed by atoms with Gasteiger partial charge in [-0.15, -0.1) is 0 Å². The molecular formula is C59H43N. The molecule has 284 valence electrons. The summed E-state index contributed by atoms with van der Waals surface area (Å²) in [6, 6.07) is 82.6. The average molecular weight is 766 g/mol. The molecule has 0 unspecified atom stereocenters. The molecule has 0 spiro atoms. The summed E-state index contributed by atoms with van der Waals surface area (Å²) in [7, 11) is 0. The molecule has 60 heavy (non-hydrogen) atoms. The Bertz CT molecular complexity index is 3220. The Kier molecular flexibility index (Phi) is 8.57. The highest BCUT2D eigenvalue weighted by Crippen LogP contribution is 2.53. The van der Waals surface area contributed by atoms with Crippen LogP contribution in [0.1, 0.15) is 25.0 Å². The van der Waals surface area contributed by atoms with E-state index in [2.05, 4.69) is 243 Å². The van der Waals surface area contributed by atoms with Gasteiger partial charge in [0.05, 0.1) is 5.69 Å². The van der Waals surface area contributed by atoms with E-state index in [1.807, 2.05) is 0 Å². The number of fused-ring (bicyclic) bond motifs is 6. The first-order valence-electron chi connectivity index (χ1n) is 20.9. The van der Waals surface area contributed by atoms with Gasteiger partial charge in [0.2, 0.25) is 0 Å². The average Bonchev–Trinajstić information content (AvgIpc) is 3.54. The number of rotatable bonds is 7. The lowest BCUT2D eigenvalue weighted by Crippen LogP contribution is -2.17. The van der Waals surface area contributed by atoms with Gasteiger partial charge in [-0.1, -0.05) is 202 Å². The van der Waals surface area contributed by atoms with Crippen molar-refractivity contribution in [2.75, 3.05) is 4.90 Å². The van der Waals surface area contributed by atoms with Crippen molar-refractivity contribution in [3.63, 3.8) is 0 Å². The molecule has 0 radical (unpaired) electrons. The maximum Gasteiger partial charge on any atom is 0.0546 e. The van der Waals surface area contributed by atoms with Crippen LogP contribution in [0.25, 0.3) is 77.2 Å². The van der Waals surface area contributed by atoms with E-state index in [-0.39, 0.29) is 5.41 Å². The molecule has 0 heterocycles. The van der Waals surface area contributed by atoms with Crippen LogP contribution in [0.4, 0.5) is 17.1 Å². The Morgan fingerprint density at radius 3 is 1.58 bits per heavy atom. The minimum Gasteiger partial charge on any atom is -0.310 e. The smallest absolute Gasteiger partial charge is 0.0546 e. The first-order valence-corrected chi connectivity index (χ1v) is 20.9. The number of hydrogen-bond acceptors (Lipinski definition) is 1. The highest BCUT2D eigenvalue weighted by Gasteiger charge is 2.36. The van der Waals surface area contributed by atoms with Crippen molar-refractivity contribution in [2.24, 2.45) is 0 Å². The molecule has 1 nitrogen and oxygen atoms in total. The maximum absolute atomic E-state index is 2.51. The summed E-state index contributed by atoms with van der Waals surface area (Å²) in [5, 5.41) is 5.01. The van der Waals surface area contributed by atoms with Crippen molar-refractivity contribution in [3.05, 3.63) is 236 Å². The van der Waals surface area contributed by atoms with Gasteiger partial charge in [0.15, 0.2) is 0 Å². The third-order valence-corrected chi connectivity index (χ3v) is 12.7. The Labute approximate surface area is 352 Å². The standard InChI is InChI=1S/C59H43N/c1-59(2)55-31-17-16-29-50(55)51-36-34-45(39-56(51)59)60(44-33-35-47(40-19-6-3-7-20-40)53(38-44)41-21-8-4-9-22-41)57-32-18-30-52(58(57)42-23-10-5-11-24-42)54-37-43-25-12-13-26-46(43)48-27-14-15-28-49(48)54/h3-39H,1-2H3. The molecule has 10 aromatic rings. The molecule has 0 bridgehead atoms. The number of benzene rings is 10. The van der Waals surface area contributed by atoms with E-state index in [0.29, 0.717) is 0 Å². The van der Waals surface area contributed by atoms with Gasteiger partial charge in [0, 0.05) is 22.4 Å². The van der Waals surface area contributed by atoms with Crippen LogP contribution in [-0.4, -0.2) is 0 Å². The second kappa shape index (κ2) is 14.4. The molecule has 0 aliphatic heterocycles. The topological polar surface area (TPSA) is 3.24 Å². The fourth-order valence-electron chi connectivity index (χ4n) is 9.79. The number of hydrogen-bond donors (Lipinski definition) is 0. The van der Waals surface area contributed by atoms with Crippen LogP contribution in [-0.2, 0) is 5.41 Å². The van der Waals surface area contributed by atoms with Gasteiger partial charge in [-0.3, -0.25) is 0 Å². The minimum atomic E-state index is -0.159. The Hall–Kier alpha value is -7.48. The van der Waals surface area contributed by atoms with Crippen LogP contribution < -0.4 is 4.90 Å². The summed E-state index contributed by atoms with van der Waals surface area (Å²) in [4.78, 5) is 2.51. The van der Waals surface area contributed by atoms with E-state index < -0.39 is 0 Å². The first kappa shape index (κ1) is 35.7. The van der Waals surface area contributed by atoms with Gasteiger partial charge < -0.3 is 4.90 Å². The summed E-state index contributed by atoms with van der Waals surface area (Å²) in [5.41, 5.74) is 18.1. The molecule has 0 amide bonds. The Balaban J connectivity index is 1.22. The monoisotopic (exact) mass is 765 g/mol. The normalized spacial score (nSPS) is 12.6. The molecule has 0 aromatic heterocycles. The molecular weight excluding hydrogens is 723 g/mol. The van der Waals surface area contributed by atoms with E-state index >= 15 is 0 Å². The third kappa shape index (κ3) is 5.85. The SMILES string of the molecule is CC1(C)c2ccccc2-c2ccc(N(c3ccc(-c4ccccc4)c(-c4ccccc4)c3)c3cccc(-c4cc5ccccc5c5ccccc45)c3-c3ccccc3)cc21. The largest absolute Gasteiger partial charge is 0.310 e. The Morgan fingerprint density at radius 1 is 0.317 bits per heavy atom. The van der Waals surface area contributed by atoms with Crippen molar-refractivity contribution in [3.8, 4) is 55.6 Å². The maximum atomic E-state index is 2.51. The van der Waals surface area contributed by atoms with Gasteiger partial charge in [0.25, 0.3) is 0 Å². The van der Waals surface area contributed by atoms with Crippen molar-refractivity contribution in [1.29, 1.82) is 0 Å². The predicted octanol–water partition coefficient (Wildman–Crippen LogP) is 16.4. The van der Waals surface area contributed by atoms with Crippen LogP contribution in [0, 0.1) is 0 Å². The summed E-state index contributed by atoms with van der Waals surface area (Å²) < 4.78 is 0. The molecule has 11 rings (SSSR count). The van der Waals surface area contributed by atoms with Gasteiger partial charge in [-0.05, 0) is 119 Å². The quantitative estimate of drug-likeness (QED) is 0.146. The number of nitrogens with zero attached hydrogens (tertiary/aromatic N) is 1. The molecule has 10 aromatic carbocycles. The third-order valence-electron chi connectivity index (χ3n) is 12.7. The number of anilines is 3. The van der Waals surface area contributed by atoms with E-state index in [4.69, 9.17) is 0 Å². The summed E-state index contributed by atoms with van der Waals surface area (Å²) in [6.07, 6.45) is 0. The van der Waals surface area contributed by atoms with E-state index in [1.165, 1.54) is 88.3 Å². The van der Waals surface area contributed by atoms with Crippen molar-refractivity contribution < 1.29 is 0 Å². The first-order chi connectivity index (χ1) is 29.5. The van der Waals surface area contributed by atoms with Crippen LogP contribution >= 0.6 is 0 Å². The van der Waals surface area contributed by atoms with Crippen LogP contribution in [0.3, 0.4) is 0 Å². The molecule has 0 atom stereocenters. The molecule has 1 aliphatic carbocycles. The fourth-order valence-corrected chi connectivity index (χ4v) is 9.79. The summed E-state index contributed by atoms with van der Waals surface area (Å²) >= 11 is 0. The lowest BCUT2D eigenvalue weighted by atomic mass is 9.82. The summed E-state index contributed by atoms with van der Waals surface area (Å²) in [5.74, 6) is 0. The minimum absolute atomic E-state index is 0.159. The molecule has 0 saturated heterocycles. The molecule has 1 aliphatic rings. The van der Waals surface area contributed by atoms with Crippen LogP contribution in [0.15, 0.2) is 224 Å². The lowest BCUT2D eigenvalue weighted by molar-refractivity contribution is 0.660. The van der Waals surface area contributed by atoms with Gasteiger partial charge in [-0.25, -0.2) is 0 Å². The van der Waals surface area contributed by atoms with Crippen LogP contribution in [0.5, 0.6) is 0 Å². The lowest BCUT2D eigenvalue weighted by Gasteiger charge is -2.31. The highest BCUT2D eigenvalue weighted by molar-refractivity contribution is 6.15. The van der Waals surface area contributed by atoms with Crippen molar-refractivity contribution >= 4 is 38.6 Å². The van der Waals surface area contributed by atoms with Gasteiger partial charge in [-0.2, -0.15) is 0 Å². The summed E-state index contributed by atoms with van der Waals surface area (Å²) in [6.45, 7) is 4.74. The second-order valence-electron chi connectivity index (χ2n) is 16.5. The zero-order valence-corrected chi connectivity index (χ0v) is 33.8. The van der Waals surface area contributed by atoms with Crippen molar-refractivity contribution in [1.82, 2.24) is 0 Å². The zero-order chi connectivity index (χ0) is 40.2. The molecule has 0 saturated carbocycles. The second-order valence-corrected chi connectivity index (χ2v) is 16.5. The van der Waals surface area contributed by atoms with E-state index in [0.717, 1.165) is 17.1 Å². The van der Waals surface area contributed by atoms with E-state index in [9.17, 15) is 0 Å². The zero-order valence-electron chi connectivity index (χ0n) is 33.8.